The molecule has 1 aliphatic rings. The summed E-state index contributed by atoms with van der Waals surface area (Å²) in [5, 5.41) is 2.99. The van der Waals surface area contributed by atoms with Crippen molar-refractivity contribution < 1.29 is 9.18 Å². The molecule has 2 aromatic rings. The van der Waals surface area contributed by atoms with Gasteiger partial charge in [-0.05, 0) is 31.7 Å². The Labute approximate surface area is 171 Å². The van der Waals surface area contributed by atoms with Crippen LogP contribution >= 0.6 is 0 Å². The molecule has 1 N–H and O–H groups in total. The van der Waals surface area contributed by atoms with Gasteiger partial charge >= 0.3 is 6.03 Å². The molecular weight excluding hydrogens is 369 g/mol. The van der Waals surface area contributed by atoms with Crippen LogP contribution in [0.1, 0.15) is 32.1 Å². The number of amides is 2. The number of carbonyl (C=O) groups excluding carboxylic acids is 1. The summed E-state index contributed by atoms with van der Waals surface area (Å²) in [5.74, 6) is 3.03. The minimum atomic E-state index is -0.306. The van der Waals surface area contributed by atoms with Crippen LogP contribution in [0.4, 0.5) is 9.18 Å². The van der Waals surface area contributed by atoms with E-state index in [1.807, 2.05) is 22.6 Å². The quantitative estimate of drug-likeness (QED) is 0.577. The zero-order chi connectivity index (χ0) is 21.0. The van der Waals surface area contributed by atoms with Crippen molar-refractivity contribution in [2.75, 3.05) is 33.2 Å². The Morgan fingerprint density at radius 2 is 2.28 bits per heavy atom. The van der Waals surface area contributed by atoms with E-state index in [4.69, 9.17) is 6.42 Å². The number of rotatable bonds is 7. The highest BCUT2D eigenvalue weighted by molar-refractivity contribution is 5.76. The maximum Gasteiger partial charge on any atom is 0.318 e. The number of carbonyl (C=O) groups is 1. The lowest BCUT2D eigenvalue weighted by Crippen LogP contribution is -2.61. The van der Waals surface area contributed by atoms with Crippen molar-refractivity contribution >= 4 is 6.03 Å². The second-order valence-electron chi connectivity index (χ2n) is 8.18. The molecule has 6 nitrogen and oxygen atoms in total. The molecule has 1 aromatic heterocycles. The van der Waals surface area contributed by atoms with Crippen molar-refractivity contribution in [1.82, 2.24) is 24.7 Å². The van der Waals surface area contributed by atoms with Crippen LogP contribution in [0.25, 0.3) is 5.69 Å². The second kappa shape index (κ2) is 8.66. The monoisotopic (exact) mass is 397 g/mol. The first-order valence-electron chi connectivity index (χ1n) is 9.79. The number of likely N-dealkylation sites (tertiary alicyclic amines) is 1. The number of hydrogen-bond donors (Lipinski definition) is 1. The smallest absolute Gasteiger partial charge is 0.318 e. The molecule has 1 atom stereocenters. The van der Waals surface area contributed by atoms with Gasteiger partial charge < -0.3 is 14.8 Å². The van der Waals surface area contributed by atoms with Gasteiger partial charge in [-0.3, -0.25) is 4.90 Å². The fourth-order valence-electron chi connectivity index (χ4n) is 3.85. The average Bonchev–Trinajstić information content (AvgIpc) is 3.12. The molecule has 0 saturated carbocycles. The van der Waals surface area contributed by atoms with E-state index in [0.717, 1.165) is 18.8 Å². The molecule has 2 amide bonds. The van der Waals surface area contributed by atoms with Gasteiger partial charge in [-0.15, -0.1) is 6.42 Å². The summed E-state index contributed by atoms with van der Waals surface area (Å²) in [6.07, 6.45) is 9.61. The SMILES string of the molecule is C#CCN(C)CCCNC(=O)N1CC(C)(C)C1c1nccn1-c1cccc(F)c1. The van der Waals surface area contributed by atoms with E-state index < -0.39 is 0 Å². The van der Waals surface area contributed by atoms with Gasteiger partial charge in [0, 0.05) is 43.1 Å². The number of nitrogens with one attached hydrogen (secondary N) is 1. The molecule has 2 heterocycles. The summed E-state index contributed by atoms with van der Waals surface area (Å²) in [6, 6.07) is 6.08. The topological polar surface area (TPSA) is 53.4 Å². The molecule has 1 aliphatic heterocycles. The zero-order valence-electron chi connectivity index (χ0n) is 17.2. The first kappa shape index (κ1) is 20.9. The summed E-state index contributed by atoms with van der Waals surface area (Å²) in [7, 11) is 1.96. The molecule has 1 saturated heterocycles. The van der Waals surface area contributed by atoms with Gasteiger partial charge in [0.05, 0.1) is 12.6 Å². The molecule has 1 unspecified atom stereocenters. The van der Waals surface area contributed by atoms with E-state index in [0.29, 0.717) is 25.3 Å². The Balaban J connectivity index is 1.68. The number of hydrogen-bond acceptors (Lipinski definition) is 3. The lowest BCUT2D eigenvalue weighted by molar-refractivity contribution is -0.0222. The van der Waals surface area contributed by atoms with Crippen molar-refractivity contribution in [2.24, 2.45) is 5.41 Å². The predicted molar refractivity (Wildman–Crippen MR) is 111 cm³/mol. The molecule has 0 bridgehead atoms. The first-order chi connectivity index (χ1) is 13.8. The lowest BCUT2D eigenvalue weighted by atomic mass is 9.74. The molecule has 0 spiro atoms. The van der Waals surface area contributed by atoms with Crippen LogP contribution in [0.3, 0.4) is 0 Å². The predicted octanol–water partition coefficient (Wildman–Crippen LogP) is 3.06. The third-order valence-corrected chi connectivity index (χ3v) is 5.24. The molecule has 7 heteroatoms. The largest absolute Gasteiger partial charge is 0.338 e. The number of aromatic nitrogens is 2. The standard InChI is InChI=1S/C22H28FN5O/c1-5-12-26(4)13-7-10-25-21(29)28-16-22(2,3)19(28)20-24-11-14-27(20)18-9-6-8-17(23)15-18/h1,6,8-9,11,14-15,19H,7,10,12-13,16H2,2-4H3,(H,25,29). The molecule has 1 fully saturated rings. The van der Waals surface area contributed by atoms with Crippen LogP contribution < -0.4 is 5.32 Å². The molecular formula is C22H28FN5O. The maximum atomic E-state index is 13.7. The van der Waals surface area contributed by atoms with E-state index in [9.17, 15) is 9.18 Å². The highest BCUT2D eigenvalue weighted by Crippen LogP contribution is 2.48. The Morgan fingerprint density at radius 3 is 2.97 bits per heavy atom. The Hall–Kier alpha value is -2.85. The van der Waals surface area contributed by atoms with Crippen LogP contribution in [-0.2, 0) is 0 Å². The first-order valence-corrected chi connectivity index (χ1v) is 9.79. The van der Waals surface area contributed by atoms with Crippen molar-refractivity contribution in [3.05, 3.63) is 48.3 Å². The minimum absolute atomic E-state index is 0.109. The number of urea groups is 1. The molecule has 0 radical (unpaired) electrons. The zero-order valence-corrected chi connectivity index (χ0v) is 17.2. The van der Waals surface area contributed by atoms with E-state index in [2.05, 4.69) is 30.1 Å². The molecule has 3 rings (SSSR count). The normalized spacial score (nSPS) is 17.7. The van der Waals surface area contributed by atoms with Crippen LogP contribution in [0.5, 0.6) is 0 Å². The number of nitrogens with zero attached hydrogens (tertiary/aromatic N) is 4. The average molecular weight is 397 g/mol. The van der Waals surface area contributed by atoms with Gasteiger partial charge in [-0.2, -0.15) is 0 Å². The minimum Gasteiger partial charge on any atom is -0.338 e. The highest BCUT2D eigenvalue weighted by Gasteiger charge is 2.51. The van der Waals surface area contributed by atoms with Gasteiger partial charge in [-0.25, -0.2) is 14.2 Å². The van der Waals surface area contributed by atoms with Crippen molar-refractivity contribution in [1.29, 1.82) is 0 Å². The van der Waals surface area contributed by atoms with Gasteiger partial charge in [0.1, 0.15) is 11.6 Å². The van der Waals surface area contributed by atoms with Crippen LogP contribution in [0.15, 0.2) is 36.7 Å². The van der Waals surface area contributed by atoms with E-state index in [-0.39, 0.29) is 23.3 Å². The second-order valence-corrected chi connectivity index (χ2v) is 8.18. The van der Waals surface area contributed by atoms with Crippen molar-refractivity contribution in [3.63, 3.8) is 0 Å². The third kappa shape index (κ3) is 4.60. The van der Waals surface area contributed by atoms with Gasteiger partial charge in [0.25, 0.3) is 0 Å². The fraction of sp³-hybridized carbons (Fsp3) is 0.455. The third-order valence-electron chi connectivity index (χ3n) is 5.24. The summed E-state index contributed by atoms with van der Waals surface area (Å²) in [5.41, 5.74) is 0.568. The molecule has 29 heavy (non-hydrogen) atoms. The molecule has 0 aliphatic carbocycles. The Morgan fingerprint density at radius 1 is 1.48 bits per heavy atom. The number of halogens is 1. The molecule has 1 aromatic carbocycles. The summed E-state index contributed by atoms with van der Waals surface area (Å²) >= 11 is 0. The van der Waals surface area contributed by atoms with Gasteiger partial charge in [0.15, 0.2) is 0 Å². The molecule has 154 valence electrons. The summed E-state index contributed by atoms with van der Waals surface area (Å²) in [4.78, 5) is 21.1. The summed E-state index contributed by atoms with van der Waals surface area (Å²) in [6.45, 7) is 6.86. The van der Waals surface area contributed by atoms with Crippen molar-refractivity contribution in [3.8, 4) is 18.0 Å². The van der Waals surface area contributed by atoms with Crippen molar-refractivity contribution in [2.45, 2.75) is 26.3 Å². The Bertz CT molecular complexity index is 901. The summed E-state index contributed by atoms with van der Waals surface area (Å²) < 4.78 is 15.6. The number of imidazole rings is 1. The lowest BCUT2D eigenvalue weighted by Gasteiger charge is -2.53. The number of benzene rings is 1. The highest BCUT2D eigenvalue weighted by atomic mass is 19.1. The van der Waals surface area contributed by atoms with Gasteiger partial charge in [-0.1, -0.05) is 25.8 Å². The fourth-order valence-corrected chi connectivity index (χ4v) is 3.85. The van der Waals surface area contributed by atoms with Gasteiger partial charge in [0.2, 0.25) is 0 Å². The van der Waals surface area contributed by atoms with E-state index in [1.54, 1.807) is 23.4 Å². The maximum absolute atomic E-state index is 13.7. The Kier molecular flexibility index (Phi) is 6.23. The van der Waals surface area contributed by atoms with E-state index >= 15 is 0 Å². The van der Waals surface area contributed by atoms with Crippen LogP contribution in [0, 0.1) is 23.6 Å². The van der Waals surface area contributed by atoms with Crippen LogP contribution in [0.2, 0.25) is 0 Å². The van der Waals surface area contributed by atoms with E-state index in [1.165, 1.54) is 12.1 Å². The van der Waals surface area contributed by atoms with Crippen LogP contribution in [-0.4, -0.2) is 58.6 Å². The number of terminal acetylenes is 1.